The lowest BCUT2D eigenvalue weighted by atomic mass is 9.95. The normalized spacial score (nSPS) is 21.5. The molecule has 0 bridgehead atoms. The smallest absolute Gasteiger partial charge is 0.354 e. The number of aromatic nitrogens is 1. The van der Waals surface area contributed by atoms with Crippen LogP contribution in [0, 0.1) is 0 Å². The van der Waals surface area contributed by atoms with Crippen LogP contribution in [0.25, 0.3) is 22.2 Å². The molecule has 5 nitrogen and oxygen atoms in total. The summed E-state index contributed by atoms with van der Waals surface area (Å²) in [5.74, 6) is -0.301. The zero-order chi connectivity index (χ0) is 21.8. The number of hydrogen-bond donors (Lipinski definition) is 2. The van der Waals surface area contributed by atoms with Crippen LogP contribution < -0.4 is 5.32 Å². The Labute approximate surface area is 176 Å². The fraction of sp³-hybridized carbons (Fsp3) is 0.304. The maximum absolute atomic E-state index is 13.3. The van der Waals surface area contributed by atoms with E-state index >= 15 is 0 Å². The number of hydrogen-bond acceptors (Lipinski definition) is 2. The number of alkyl halides is 3. The van der Waals surface area contributed by atoms with Gasteiger partial charge in [-0.25, -0.2) is 0 Å². The number of H-pyrrole nitrogens is 1. The number of amides is 2. The van der Waals surface area contributed by atoms with Crippen molar-refractivity contribution in [3.05, 3.63) is 59.7 Å². The highest BCUT2D eigenvalue weighted by atomic mass is 19.4. The molecule has 2 aliphatic heterocycles. The number of para-hydroxylation sites is 1. The Hall–Kier alpha value is -3.29. The number of nitrogens with one attached hydrogen (secondary N) is 2. The Morgan fingerprint density at radius 3 is 2.68 bits per heavy atom. The summed E-state index contributed by atoms with van der Waals surface area (Å²) in [7, 11) is 0. The van der Waals surface area contributed by atoms with E-state index in [1.165, 1.54) is 6.07 Å². The van der Waals surface area contributed by atoms with E-state index in [2.05, 4.69) is 10.3 Å². The second kappa shape index (κ2) is 7.14. The van der Waals surface area contributed by atoms with Gasteiger partial charge in [0.1, 0.15) is 12.1 Å². The van der Waals surface area contributed by atoms with E-state index in [0.717, 1.165) is 29.5 Å². The number of rotatable bonds is 3. The van der Waals surface area contributed by atoms with Gasteiger partial charge in [-0.2, -0.15) is 13.2 Å². The Morgan fingerprint density at radius 1 is 1.06 bits per heavy atom. The molecule has 0 aliphatic carbocycles. The number of piperazine rings is 1. The topological polar surface area (TPSA) is 65.2 Å². The molecule has 2 atom stereocenters. The summed E-state index contributed by atoms with van der Waals surface area (Å²) in [5.41, 5.74) is 1.65. The SMILES string of the molecule is O=C1N[C@@H](Cc2c(-c3cccc(C(F)(F)F)c3)[nH]c3ccccc23)C(=O)N2CCC[C@H]12. The van der Waals surface area contributed by atoms with Gasteiger partial charge in [-0.3, -0.25) is 9.59 Å². The van der Waals surface area contributed by atoms with Crippen LogP contribution in [-0.4, -0.2) is 40.3 Å². The molecule has 0 radical (unpaired) electrons. The van der Waals surface area contributed by atoms with Crippen molar-refractivity contribution >= 4 is 22.7 Å². The number of benzene rings is 2. The number of fused-ring (bicyclic) bond motifs is 2. The van der Waals surface area contributed by atoms with Gasteiger partial charge in [-0.1, -0.05) is 30.3 Å². The van der Waals surface area contributed by atoms with E-state index in [1.807, 2.05) is 24.3 Å². The molecule has 0 spiro atoms. The first-order valence-electron chi connectivity index (χ1n) is 10.2. The molecule has 1 aromatic heterocycles. The van der Waals surface area contributed by atoms with Crippen molar-refractivity contribution in [2.24, 2.45) is 0 Å². The van der Waals surface area contributed by atoms with Gasteiger partial charge in [-0.15, -0.1) is 0 Å². The second-order valence-electron chi connectivity index (χ2n) is 8.06. The van der Waals surface area contributed by atoms with E-state index in [1.54, 1.807) is 11.0 Å². The summed E-state index contributed by atoms with van der Waals surface area (Å²) in [6.45, 7) is 0.557. The van der Waals surface area contributed by atoms with Crippen molar-refractivity contribution in [3.8, 4) is 11.3 Å². The monoisotopic (exact) mass is 427 g/mol. The van der Waals surface area contributed by atoms with Gasteiger partial charge in [0.05, 0.1) is 5.56 Å². The molecule has 2 aromatic carbocycles. The number of aromatic amines is 1. The van der Waals surface area contributed by atoms with E-state index in [9.17, 15) is 22.8 Å². The van der Waals surface area contributed by atoms with E-state index < -0.39 is 23.8 Å². The highest BCUT2D eigenvalue weighted by Gasteiger charge is 2.43. The van der Waals surface area contributed by atoms with Crippen molar-refractivity contribution in [1.82, 2.24) is 15.2 Å². The third-order valence-electron chi connectivity index (χ3n) is 6.15. The van der Waals surface area contributed by atoms with Gasteiger partial charge in [0.25, 0.3) is 0 Å². The Balaban J connectivity index is 1.58. The summed E-state index contributed by atoms with van der Waals surface area (Å²) in [6.07, 6.45) is -2.81. The van der Waals surface area contributed by atoms with Crippen LogP contribution in [0.1, 0.15) is 24.0 Å². The van der Waals surface area contributed by atoms with Crippen LogP contribution >= 0.6 is 0 Å². The molecule has 5 rings (SSSR count). The minimum absolute atomic E-state index is 0.137. The molecule has 8 heteroatoms. The lowest BCUT2D eigenvalue weighted by Gasteiger charge is -2.34. The highest BCUT2D eigenvalue weighted by molar-refractivity contribution is 5.98. The summed E-state index contributed by atoms with van der Waals surface area (Å²) < 4.78 is 39.8. The maximum Gasteiger partial charge on any atom is 0.416 e. The largest absolute Gasteiger partial charge is 0.416 e. The third kappa shape index (κ3) is 3.36. The Morgan fingerprint density at radius 2 is 1.87 bits per heavy atom. The predicted octanol–water partition coefficient (Wildman–Crippen LogP) is 3.89. The lowest BCUT2D eigenvalue weighted by molar-refractivity contribution is -0.146. The number of carbonyl (C=O) groups is 2. The van der Waals surface area contributed by atoms with Crippen molar-refractivity contribution in [2.75, 3.05) is 6.54 Å². The molecular formula is C23H20F3N3O2. The average molecular weight is 427 g/mol. The van der Waals surface area contributed by atoms with Crippen molar-refractivity contribution in [2.45, 2.75) is 37.5 Å². The number of carbonyl (C=O) groups excluding carboxylic acids is 2. The molecule has 2 saturated heterocycles. The van der Waals surface area contributed by atoms with E-state index in [-0.39, 0.29) is 18.2 Å². The molecule has 0 saturated carbocycles. The van der Waals surface area contributed by atoms with E-state index in [0.29, 0.717) is 29.8 Å². The van der Waals surface area contributed by atoms with Crippen LogP contribution in [0.2, 0.25) is 0 Å². The predicted molar refractivity (Wildman–Crippen MR) is 109 cm³/mol. The fourth-order valence-corrected chi connectivity index (χ4v) is 4.68. The molecule has 3 heterocycles. The summed E-state index contributed by atoms with van der Waals surface area (Å²) in [5, 5.41) is 3.65. The van der Waals surface area contributed by atoms with Crippen LogP contribution in [0.15, 0.2) is 48.5 Å². The van der Waals surface area contributed by atoms with Gasteiger partial charge in [0.2, 0.25) is 11.8 Å². The van der Waals surface area contributed by atoms with Gasteiger partial charge < -0.3 is 15.2 Å². The molecule has 31 heavy (non-hydrogen) atoms. The Bertz CT molecular complexity index is 1180. The van der Waals surface area contributed by atoms with Crippen LogP contribution in [0.5, 0.6) is 0 Å². The first-order valence-corrected chi connectivity index (χ1v) is 10.2. The summed E-state index contributed by atoms with van der Waals surface area (Å²) in [6, 6.07) is 11.3. The molecule has 2 fully saturated rings. The minimum Gasteiger partial charge on any atom is -0.354 e. The van der Waals surface area contributed by atoms with Crippen LogP contribution in [-0.2, 0) is 22.2 Å². The quantitative estimate of drug-likeness (QED) is 0.666. The molecule has 3 aromatic rings. The van der Waals surface area contributed by atoms with Gasteiger partial charge in [0.15, 0.2) is 0 Å². The highest BCUT2D eigenvalue weighted by Crippen LogP contribution is 2.36. The lowest BCUT2D eigenvalue weighted by Crippen LogP contribution is -2.61. The van der Waals surface area contributed by atoms with Crippen molar-refractivity contribution in [1.29, 1.82) is 0 Å². The maximum atomic E-state index is 13.3. The third-order valence-corrected chi connectivity index (χ3v) is 6.15. The van der Waals surface area contributed by atoms with Crippen molar-refractivity contribution in [3.63, 3.8) is 0 Å². The van der Waals surface area contributed by atoms with Gasteiger partial charge >= 0.3 is 6.18 Å². The zero-order valence-electron chi connectivity index (χ0n) is 16.5. The van der Waals surface area contributed by atoms with Crippen LogP contribution in [0.3, 0.4) is 0 Å². The summed E-state index contributed by atoms with van der Waals surface area (Å²) >= 11 is 0. The van der Waals surface area contributed by atoms with Gasteiger partial charge in [-0.05, 0) is 42.2 Å². The minimum atomic E-state index is -4.46. The van der Waals surface area contributed by atoms with E-state index in [4.69, 9.17) is 0 Å². The first-order chi connectivity index (χ1) is 14.8. The van der Waals surface area contributed by atoms with Crippen molar-refractivity contribution < 1.29 is 22.8 Å². The molecule has 0 unspecified atom stereocenters. The molecule has 2 aliphatic rings. The molecule has 160 valence electrons. The second-order valence-corrected chi connectivity index (χ2v) is 8.06. The zero-order valence-corrected chi connectivity index (χ0v) is 16.5. The summed E-state index contributed by atoms with van der Waals surface area (Å²) in [4.78, 5) is 30.3. The Kier molecular flexibility index (Phi) is 4.53. The fourth-order valence-electron chi connectivity index (χ4n) is 4.68. The van der Waals surface area contributed by atoms with Crippen LogP contribution in [0.4, 0.5) is 13.2 Å². The number of halogens is 3. The molecule has 2 amide bonds. The molecular weight excluding hydrogens is 407 g/mol. The first kappa shape index (κ1) is 19.7. The average Bonchev–Trinajstić information content (AvgIpc) is 3.37. The number of nitrogens with zero attached hydrogens (tertiary/aromatic N) is 1. The van der Waals surface area contributed by atoms with Gasteiger partial charge in [0, 0.05) is 29.6 Å². The molecule has 2 N–H and O–H groups in total. The standard InChI is InChI=1S/C23H20F3N3O2/c24-23(25,26)14-6-3-5-13(11-14)20-16(15-7-1-2-8-17(15)27-20)12-18-22(31)29-10-4-9-19(29)21(30)28-18/h1-3,5-8,11,18-19,27H,4,9-10,12H2,(H,28,30)/t18-,19+/m0/s1.